The number of nitrogens with one attached hydrogen (secondary N) is 1. The Bertz CT molecular complexity index is 605. The van der Waals surface area contributed by atoms with Crippen molar-refractivity contribution in [1.29, 1.82) is 0 Å². The summed E-state index contributed by atoms with van der Waals surface area (Å²) in [4.78, 5) is 46.3. The lowest BCUT2D eigenvalue weighted by atomic mass is 10.3. The second-order valence-corrected chi connectivity index (χ2v) is 4.67. The molecule has 1 fully saturated rings. The van der Waals surface area contributed by atoms with Gasteiger partial charge < -0.3 is 9.47 Å². The van der Waals surface area contributed by atoms with E-state index in [0.717, 1.165) is 11.0 Å². The van der Waals surface area contributed by atoms with Crippen molar-refractivity contribution >= 4 is 23.4 Å². The Labute approximate surface area is 119 Å². The first-order valence-corrected chi connectivity index (χ1v) is 6.39. The molecule has 9 nitrogen and oxygen atoms in total. The maximum absolute atomic E-state index is 12.4. The van der Waals surface area contributed by atoms with Gasteiger partial charge in [-0.3, -0.25) is 29.8 Å². The minimum absolute atomic E-state index is 0.103. The van der Waals surface area contributed by atoms with Crippen LogP contribution in [0.4, 0.5) is 5.69 Å². The predicted molar refractivity (Wildman–Crippen MR) is 70.4 cm³/mol. The van der Waals surface area contributed by atoms with Gasteiger partial charge in [-0.15, -0.1) is 0 Å². The maximum Gasteiger partial charge on any atom is 0.287 e. The van der Waals surface area contributed by atoms with Gasteiger partial charge in [0.25, 0.3) is 11.6 Å². The second kappa shape index (κ2) is 5.73. The molecule has 1 aromatic rings. The Morgan fingerprint density at radius 2 is 2.00 bits per heavy atom. The monoisotopic (exact) mass is 294 g/mol. The maximum atomic E-state index is 12.4. The fraction of sp³-hybridized carbons (Fsp3) is 0.417. The lowest BCUT2D eigenvalue weighted by molar-refractivity contribution is -0.384. The van der Waals surface area contributed by atoms with Crippen molar-refractivity contribution in [3.05, 3.63) is 28.1 Å². The molecule has 0 aromatic carbocycles. The topological polar surface area (TPSA) is 115 Å². The Morgan fingerprint density at radius 3 is 2.52 bits per heavy atom. The number of nitrogens with zero attached hydrogens (tertiary/aromatic N) is 3. The molecule has 1 aliphatic rings. The first-order chi connectivity index (χ1) is 9.92. The zero-order chi connectivity index (χ0) is 15.6. The number of rotatable bonds is 4. The van der Waals surface area contributed by atoms with E-state index in [4.69, 9.17) is 0 Å². The van der Waals surface area contributed by atoms with Crippen LogP contribution in [0.1, 0.15) is 23.8 Å². The minimum Gasteiger partial charge on any atom is -0.337 e. The van der Waals surface area contributed by atoms with Crippen molar-refractivity contribution in [3.8, 4) is 0 Å². The van der Waals surface area contributed by atoms with Gasteiger partial charge in [0.1, 0.15) is 18.8 Å². The highest BCUT2D eigenvalue weighted by Gasteiger charge is 2.30. The number of amides is 3. The van der Waals surface area contributed by atoms with E-state index < -0.39 is 22.6 Å². The molecular weight excluding hydrogens is 280 g/mol. The van der Waals surface area contributed by atoms with Crippen LogP contribution in [0.15, 0.2) is 12.3 Å². The van der Waals surface area contributed by atoms with Crippen molar-refractivity contribution in [2.45, 2.75) is 19.9 Å². The van der Waals surface area contributed by atoms with E-state index in [9.17, 15) is 24.5 Å². The molecule has 0 spiro atoms. The lowest BCUT2D eigenvalue weighted by Gasteiger charge is -2.25. The normalized spacial score (nSPS) is 15.0. The van der Waals surface area contributed by atoms with Crippen LogP contribution < -0.4 is 5.32 Å². The molecule has 2 heterocycles. The smallest absolute Gasteiger partial charge is 0.287 e. The van der Waals surface area contributed by atoms with E-state index in [0.29, 0.717) is 13.0 Å². The summed E-state index contributed by atoms with van der Waals surface area (Å²) in [5.41, 5.74) is -0.0920. The van der Waals surface area contributed by atoms with Crippen molar-refractivity contribution < 1.29 is 19.3 Å². The zero-order valence-electron chi connectivity index (χ0n) is 11.4. The van der Waals surface area contributed by atoms with E-state index in [-0.39, 0.29) is 24.5 Å². The highest BCUT2D eigenvalue weighted by Crippen LogP contribution is 2.19. The minimum atomic E-state index is -0.586. The molecule has 0 atom stereocenters. The molecule has 0 aliphatic carbocycles. The molecule has 21 heavy (non-hydrogen) atoms. The Kier molecular flexibility index (Phi) is 4.01. The van der Waals surface area contributed by atoms with Gasteiger partial charge in [-0.05, 0) is 6.42 Å². The van der Waals surface area contributed by atoms with Crippen LogP contribution in [-0.4, -0.2) is 45.2 Å². The third-order valence-electron chi connectivity index (χ3n) is 3.01. The van der Waals surface area contributed by atoms with E-state index in [1.165, 1.54) is 10.8 Å². The summed E-state index contributed by atoms with van der Waals surface area (Å²) in [7, 11) is 0. The molecule has 112 valence electrons. The molecule has 1 saturated heterocycles. The van der Waals surface area contributed by atoms with Crippen LogP contribution in [0.2, 0.25) is 0 Å². The predicted octanol–water partition coefficient (Wildman–Crippen LogP) is -0.0951. The third kappa shape index (κ3) is 3.07. The van der Waals surface area contributed by atoms with Crippen LogP contribution in [0, 0.1) is 10.1 Å². The van der Waals surface area contributed by atoms with Gasteiger partial charge in [-0.25, -0.2) is 0 Å². The van der Waals surface area contributed by atoms with Gasteiger partial charge >= 0.3 is 0 Å². The largest absolute Gasteiger partial charge is 0.337 e. The molecule has 2 rings (SSSR count). The molecule has 9 heteroatoms. The van der Waals surface area contributed by atoms with Crippen molar-refractivity contribution in [1.82, 2.24) is 14.8 Å². The molecule has 1 aliphatic heterocycles. The number of hydrogen-bond acceptors (Lipinski definition) is 5. The molecule has 1 N–H and O–H groups in total. The van der Waals surface area contributed by atoms with Gasteiger partial charge in [0, 0.05) is 12.6 Å². The summed E-state index contributed by atoms with van der Waals surface area (Å²) >= 11 is 0. The van der Waals surface area contributed by atoms with Crippen molar-refractivity contribution in [3.63, 3.8) is 0 Å². The molecule has 0 unspecified atom stereocenters. The molecule has 1 aromatic heterocycles. The van der Waals surface area contributed by atoms with E-state index in [2.05, 4.69) is 5.32 Å². The van der Waals surface area contributed by atoms with E-state index in [1.807, 2.05) is 6.92 Å². The summed E-state index contributed by atoms with van der Waals surface area (Å²) in [6.07, 6.45) is 1.97. The van der Waals surface area contributed by atoms with Crippen LogP contribution in [-0.2, 0) is 16.1 Å². The van der Waals surface area contributed by atoms with Crippen LogP contribution >= 0.6 is 0 Å². The number of aromatic nitrogens is 1. The number of nitro groups is 1. The summed E-state index contributed by atoms with van der Waals surface area (Å²) < 4.78 is 1.47. The Morgan fingerprint density at radius 1 is 1.38 bits per heavy atom. The summed E-state index contributed by atoms with van der Waals surface area (Å²) in [6, 6.07) is 1.16. The summed E-state index contributed by atoms with van der Waals surface area (Å²) in [5, 5.41) is 12.9. The Hall–Kier alpha value is -2.71. The summed E-state index contributed by atoms with van der Waals surface area (Å²) in [5.74, 6) is -1.70. The average Bonchev–Trinajstić information content (AvgIpc) is 2.81. The number of imide groups is 1. The van der Waals surface area contributed by atoms with Crippen LogP contribution in [0.25, 0.3) is 0 Å². The van der Waals surface area contributed by atoms with Crippen molar-refractivity contribution in [2.75, 3.05) is 13.1 Å². The van der Waals surface area contributed by atoms with Crippen LogP contribution in [0.3, 0.4) is 0 Å². The van der Waals surface area contributed by atoms with E-state index >= 15 is 0 Å². The molecule has 0 radical (unpaired) electrons. The number of aryl methyl sites for hydroxylation is 1. The van der Waals surface area contributed by atoms with Gasteiger partial charge in [0.15, 0.2) is 0 Å². The summed E-state index contributed by atoms with van der Waals surface area (Å²) in [6.45, 7) is 1.83. The van der Waals surface area contributed by atoms with E-state index in [1.54, 1.807) is 0 Å². The van der Waals surface area contributed by atoms with Gasteiger partial charge in [-0.1, -0.05) is 6.92 Å². The fourth-order valence-corrected chi connectivity index (χ4v) is 2.14. The number of hydrogen-bond donors (Lipinski definition) is 1. The zero-order valence-corrected chi connectivity index (χ0v) is 11.4. The Balaban J connectivity index is 2.31. The SMILES string of the molecule is CCCn1cc([N+](=O)[O-])cc1C(=O)N1CC(=O)NC(=O)C1. The lowest BCUT2D eigenvalue weighted by Crippen LogP contribution is -2.53. The van der Waals surface area contributed by atoms with Gasteiger partial charge in [0.05, 0.1) is 11.1 Å². The fourth-order valence-electron chi connectivity index (χ4n) is 2.14. The first-order valence-electron chi connectivity index (χ1n) is 6.39. The second-order valence-electron chi connectivity index (χ2n) is 4.67. The van der Waals surface area contributed by atoms with Gasteiger partial charge in [-0.2, -0.15) is 0 Å². The van der Waals surface area contributed by atoms with Gasteiger partial charge in [0.2, 0.25) is 11.8 Å². The quantitative estimate of drug-likeness (QED) is 0.473. The molecular formula is C12H14N4O5. The molecule has 3 amide bonds. The first kappa shape index (κ1) is 14.7. The van der Waals surface area contributed by atoms with Crippen LogP contribution in [0.5, 0.6) is 0 Å². The number of carbonyl (C=O) groups excluding carboxylic acids is 3. The molecule has 0 bridgehead atoms. The highest BCUT2D eigenvalue weighted by atomic mass is 16.6. The number of piperazine rings is 1. The third-order valence-corrected chi connectivity index (χ3v) is 3.01. The number of carbonyl (C=O) groups is 3. The highest BCUT2D eigenvalue weighted by molar-refractivity contribution is 6.05. The average molecular weight is 294 g/mol. The van der Waals surface area contributed by atoms with Crippen molar-refractivity contribution in [2.24, 2.45) is 0 Å². The molecule has 0 saturated carbocycles. The standard InChI is InChI=1S/C12H14N4O5/c1-2-3-14-5-8(16(20)21)4-9(14)12(19)15-6-10(17)13-11(18)7-15/h4-5H,2-3,6-7H2,1H3,(H,13,17,18).